The van der Waals surface area contributed by atoms with Crippen molar-refractivity contribution in [3.63, 3.8) is 0 Å². The van der Waals surface area contributed by atoms with Gasteiger partial charge in [-0.25, -0.2) is 4.79 Å². The zero-order valence-electron chi connectivity index (χ0n) is 21.5. The zero-order valence-corrected chi connectivity index (χ0v) is 22.4. The van der Waals surface area contributed by atoms with Crippen LogP contribution in [-0.2, 0) is 27.3 Å². The Hall–Kier alpha value is -3.26. The molecule has 0 saturated carbocycles. The molecule has 2 aromatic carbocycles. The predicted octanol–water partition coefficient (Wildman–Crippen LogP) is 4.44. The third kappa shape index (κ3) is 8.75. The fraction of sp³-hybridized carbons (Fsp3) is 0.393. The molecule has 0 aromatic heterocycles. The first-order chi connectivity index (χ1) is 17.1. The average molecular weight is 512 g/mol. The molecule has 0 aliphatic heterocycles. The van der Waals surface area contributed by atoms with Gasteiger partial charge in [-0.05, 0) is 43.9 Å². The van der Waals surface area contributed by atoms with Crippen molar-refractivity contribution in [3.05, 3.63) is 83.9 Å². The number of nitrogens with one attached hydrogen (secondary N) is 2. The highest BCUT2D eigenvalue weighted by Crippen LogP contribution is 2.24. The number of carbonyl (C=O) groups excluding carboxylic acids is 3. The molecule has 0 fully saturated rings. The van der Waals surface area contributed by atoms with Crippen molar-refractivity contribution in [1.29, 1.82) is 0 Å². The van der Waals surface area contributed by atoms with Gasteiger partial charge in [0.2, 0.25) is 11.8 Å². The predicted molar refractivity (Wildman–Crippen MR) is 146 cm³/mol. The number of hydrogen-bond acceptors (Lipinski definition) is 5. The van der Waals surface area contributed by atoms with Crippen molar-refractivity contribution in [2.24, 2.45) is 0 Å². The molecule has 0 aliphatic rings. The molecule has 2 aromatic rings. The summed E-state index contributed by atoms with van der Waals surface area (Å²) >= 11 is 4.28. The van der Waals surface area contributed by atoms with Gasteiger partial charge in [-0.2, -0.15) is 12.6 Å². The van der Waals surface area contributed by atoms with E-state index in [1.807, 2.05) is 61.5 Å². The number of aryl methyl sites for hydroxylation is 1. The van der Waals surface area contributed by atoms with Gasteiger partial charge in [0.05, 0.1) is 0 Å². The van der Waals surface area contributed by atoms with Gasteiger partial charge in [-0.15, -0.1) is 6.58 Å². The average Bonchev–Trinajstić information content (AvgIpc) is 2.85. The zero-order chi connectivity index (χ0) is 26.7. The Bertz CT molecular complexity index is 1020. The first-order valence-electron chi connectivity index (χ1n) is 12.0. The first-order valence-corrected chi connectivity index (χ1v) is 12.6. The Labute approximate surface area is 219 Å². The smallest absolute Gasteiger partial charge is 0.408 e. The number of carbonyl (C=O) groups is 3. The topological polar surface area (TPSA) is 87.7 Å². The van der Waals surface area contributed by atoms with Gasteiger partial charge in [0, 0.05) is 18.8 Å². The number of alkyl carbamates (subject to hydrolysis) is 1. The molecule has 0 aliphatic carbocycles. The summed E-state index contributed by atoms with van der Waals surface area (Å²) in [5, 5.41) is 5.54. The van der Waals surface area contributed by atoms with E-state index >= 15 is 0 Å². The van der Waals surface area contributed by atoms with E-state index in [1.165, 1.54) is 4.90 Å². The number of benzene rings is 2. The van der Waals surface area contributed by atoms with E-state index in [0.29, 0.717) is 12.1 Å². The number of amides is 3. The number of thiol groups is 1. The van der Waals surface area contributed by atoms with Crippen LogP contribution in [0.1, 0.15) is 50.4 Å². The normalized spacial score (nSPS) is 12.7. The Morgan fingerprint density at radius 2 is 1.69 bits per heavy atom. The minimum Gasteiger partial charge on any atom is -0.444 e. The van der Waals surface area contributed by atoms with E-state index in [4.69, 9.17) is 4.74 Å². The molecule has 2 unspecified atom stereocenters. The largest absolute Gasteiger partial charge is 0.444 e. The highest BCUT2D eigenvalue weighted by molar-refractivity contribution is 7.80. The van der Waals surface area contributed by atoms with E-state index < -0.39 is 29.7 Å². The fourth-order valence-electron chi connectivity index (χ4n) is 3.59. The van der Waals surface area contributed by atoms with Crippen LogP contribution in [0.25, 0.3) is 0 Å². The summed E-state index contributed by atoms with van der Waals surface area (Å²) in [6.45, 7) is 11.4. The molecule has 194 valence electrons. The molecule has 0 bridgehead atoms. The van der Waals surface area contributed by atoms with Gasteiger partial charge >= 0.3 is 6.09 Å². The van der Waals surface area contributed by atoms with Gasteiger partial charge in [-0.3, -0.25) is 9.59 Å². The monoisotopic (exact) mass is 511 g/mol. The standard InChI is InChI=1S/C28H37N3O4S/c1-6-17-31(26(33)23(19-36)30-27(34)35-28(3,4)5)24(22-15-13-20(7-2)14-16-22)25(32)29-18-21-11-9-8-10-12-21/h6,8-16,23-24,36H,1,7,17-19H2,2-5H3,(H,29,32)(H,30,34). The lowest BCUT2D eigenvalue weighted by Crippen LogP contribution is -2.53. The summed E-state index contributed by atoms with van der Waals surface area (Å²) in [5.41, 5.74) is 1.98. The molecule has 2 atom stereocenters. The van der Waals surface area contributed by atoms with E-state index in [2.05, 4.69) is 29.8 Å². The van der Waals surface area contributed by atoms with Crippen molar-refractivity contribution in [1.82, 2.24) is 15.5 Å². The van der Waals surface area contributed by atoms with E-state index in [-0.39, 0.29) is 18.2 Å². The molecule has 36 heavy (non-hydrogen) atoms. The summed E-state index contributed by atoms with van der Waals surface area (Å²) < 4.78 is 5.31. The number of rotatable bonds is 11. The highest BCUT2D eigenvalue weighted by atomic mass is 32.1. The third-order valence-corrected chi connectivity index (χ3v) is 5.72. The molecule has 2 rings (SSSR count). The van der Waals surface area contributed by atoms with Crippen LogP contribution in [0.4, 0.5) is 4.79 Å². The third-order valence-electron chi connectivity index (χ3n) is 5.35. The van der Waals surface area contributed by atoms with Crippen molar-refractivity contribution >= 4 is 30.5 Å². The number of nitrogens with zero attached hydrogens (tertiary/aromatic N) is 1. The molecule has 7 nitrogen and oxygen atoms in total. The molecule has 0 radical (unpaired) electrons. The van der Waals surface area contributed by atoms with Gasteiger partial charge in [0.15, 0.2) is 0 Å². The second kappa shape index (κ2) is 13.7. The molecule has 8 heteroatoms. The van der Waals surface area contributed by atoms with Gasteiger partial charge in [-0.1, -0.05) is 67.6 Å². The summed E-state index contributed by atoms with van der Waals surface area (Å²) in [6.07, 6.45) is 1.67. The minimum absolute atomic E-state index is 0.0266. The van der Waals surface area contributed by atoms with Crippen LogP contribution in [0.2, 0.25) is 0 Å². The molecular formula is C28H37N3O4S. The Morgan fingerprint density at radius 3 is 2.22 bits per heavy atom. The van der Waals surface area contributed by atoms with Crippen LogP contribution >= 0.6 is 12.6 Å². The summed E-state index contributed by atoms with van der Waals surface area (Å²) in [6, 6.07) is 15.2. The second-order valence-corrected chi connectivity index (χ2v) is 9.73. The van der Waals surface area contributed by atoms with Crippen molar-refractivity contribution < 1.29 is 19.1 Å². The van der Waals surface area contributed by atoms with Crippen molar-refractivity contribution in [2.45, 2.75) is 58.3 Å². The highest BCUT2D eigenvalue weighted by Gasteiger charge is 2.35. The van der Waals surface area contributed by atoms with Crippen LogP contribution in [0.3, 0.4) is 0 Å². The summed E-state index contributed by atoms with van der Waals surface area (Å²) in [7, 11) is 0. The van der Waals surface area contributed by atoms with Gasteiger partial charge < -0.3 is 20.3 Å². The van der Waals surface area contributed by atoms with E-state index in [0.717, 1.165) is 17.5 Å². The lowest BCUT2D eigenvalue weighted by atomic mass is 10.0. The van der Waals surface area contributed by atoms with Crippen molar-refractivity contribution in [3.8, 4) is 0 Å². The molecule has 0 saturated heterocycles. The van der Waals surface area contributed by atoms with Crippen LogP contribution < -0.4 is 10.6 Å². The quantitative estimate of drug-likeness (QED) is 0.307. The first kappa shape index (κ1) is 29.0. The number of hydrogen-bond donors (Lipinski definition) is 3. The van der Waals surface area contributed by atoms with Crippen LogP contribution in [0.5, 0.6) is 0 Å². The van der Waals surface area contributed by atoms with E-state index in [9.17, 15) is 14.4 Å². The van der Waals surface area contributed by atoms with E-state index in [1.54, 1.807) is 26.8 Å². The summed E-state index contributed by atoms with van der Waals surface area (Å²) in [5.74, 6) is -0.776. The molecule has 2 N–H and O–H groups in total. The lowest BCUT2D eigenvalue weighted by molar-refractivity contribution is -0.141. The van der Waals surface area contributed by atoms with Crippen LogP contribution in [0.15, 0.2) is 67.3 Å². The lowest BCUT2D eigenvalue weighted by Gasteiger charge is -2.33. The Balaban J connectivity index is 2.37. The minimum atomic E-state index is -0.998. The molecule has 0 heterocycles. The van der Waals surface area contributed by atoms with Gasteiger partial charge in [0.1, 0.15) is 17.7 Å². The maximum Gasteiger partial charge on any atom is 0.408 e. The molecule has 3 amide bonds. The van der Waals surface area contributed by atoms with Crippen LogP contribution in [0, 0.1) is 0 Å². The maximum atomic E-state index is 13.7. The SMILES string of the molecule is C=CCN(C(=O)C(CS)NC(=O)OC(C)(C)C)C(C(=O)NCc1ccccc1)c1ccc(CC)cc1. The van der Waals surface area contributed by atoms with Gasteiger partial charge in [0.25, 0.3) is 0 Å². The van der Waals surface area contributed by atoms with Crippen LogP contribution in [-0.4, -0.2) is 46.7 Å². The number of ether oxygens (including phenoxy) is 1. The molecular weight excluding hydrogens is 474 g/mol. The fourth-order valence-corrected chi connectivity index (χ4v) is 3.83. The Kier molecular flexibility index (Phi) is 11.0. The Morgan fingerprint density at radius 1 is 1.06 bits per heavy atom. The summed E-state index contributed by atoms with van der Waals surface area (Å²) in [4.78, 5) is 41.0. The maximum absolute atomic E-state index is 13.7. The van der Waals surface area contributed by atoms with Crippen molar-refractivity contribution in [2.75, 3.05) is 12.3 Å². The molecule has 0 spiro atoms. The second-order valence-electron chi connectivity index (χ2n) is 9.36.